The number of ether oxygens (including phenoxy) is 1. The average molecular weight is 379 g/mol. The molecule has 0 atom stereocenters. The number of rotatable bonds is 4. The van der Waals surface area contributed by atoms with Crippen molar-refractivity contribution in [2.24, 2.45) is 0 Å². The van der Waals surface area contributed by atoms with E-state index >= 15 is 0 Å². The van der Waals surface area contributed by atoms with Crippen LogP contribution in [0.2, 0.25) is 5.02 Å². The molecule has 3 amide bonds. The summed E-state index contributed by atoms with van der Waals surface area (Å²) < 4.78 is 10.4. The number of hydrogen-bond acceptors (Lipinski definition) is 5. The maximum Gasteiger partial charge on any atom is 0.375 e. The molecule has 1 fully saturated rings. The molecule has 3 rings (SSSR count). The smallest absolute Gasteiger partial charge is 0.375 e. The quantitative estimate of drug-likeness (QED) is 0.795. The molecule has 0 aliphatic heterocycles. The molecule has 26 heavy (non-hydrogen) atoms. The molecule has 1 aliphatic carbocycles. The zero-order valence-electron chi connectivity index (χ0n) is 14.3. The normalized spacial score (nSPS) is 14.4. The van der Waals surface area contributed by atoms with E-state index in [1.165, 1.54) is 0 Å². The highest BCUT2D eigenvalue weighted by Gasteiger charge is 2.22. The van der Waals surface area contributed by atoms with Gasteiger partial charge in [0.2, 0.25) is 5.76 Å². The molecule has 0 saturated heterocycles. The zero-order chi connectivity index (χ0) is 18.7. The Morgan fingerprint density at radius 2 is 2.00 bits per heavy atom. The van der Waals surface area contributed by atoms with Crippen LogP contribution in [-0.2, 0) is 9.53 Å². The van der Waals surface area contributed by atoms with Crippen LogP contribution in [0.5, 0.6) is 0 Å². The van der Waals surface area contributed by atoms with Crippen LogP contribution in [0, 0.1) is 6.92 Å². The van der Waals surface area contributed by atoms with E-state index in [1.54, 1.807) is 25.1 Å². The predicted octanol–water partition coefficient (Wildman–Crippen LogP) is 3.32. The van der Waals surface area contributed by atoms with Crippen LogP contribution in [0.1, 0.15) is 41.8 Å². The summed E-state index contributed by atoms with van der Waals surface area (Å²) in [4.78, 5) is 35.7. The number of urea groups is 1. The van der Waals surface area contributed by atoms with Crippen LogP contribution in [0.15, 0.2) is 22.6 Å². The minimum Gasteiger partial charge on any atom is -0.450 e. The van der Waals surface area contributed by atoms with Gasteiger partial charge in [0.05, 0.1) is 5.02 Å². The standard InChI is InChI=1S/C18H19ClN2O5/c1-10-12-7-4-8-13(19)16(12)26-15(10)17(23)25-9-14(22)21-18(24)20-11-5-2-3-6-11/h4,7-8,11H,2-3,5-6,9H2,1H3,(H2,20,21,22,24). The maximum absolute atomic E-state index is 12.2. The molecule has 0 spiro atoms. The molecule has 138 valence electrons. The number of nitrogens with one attached hydrogen (secondary N) is 2. The molecule has 0 bridgehead atoms. The number of carbonyl (C=O) groups excluding carboxylic acids is 3. The van der Waals surface area contributed by atoms with Gasteiger partial charge in [-0.1, -0.05) is 36.6 Å². The molecular weight excluding hydrogens is 360 g/mol. The van der Waals surface area contributed by atoms with E-state index in [-0.39, 0.29) is 11.8 Å². The van der Waals surface area contributed by atoms with E-state index in [4.69, 9.17) is 20.8 Å². The van der Waals surface area contributed by atoms with Gasteiger partial charge in [0, 0.05) is 17.0 Å². The Hall–Kier alpha value is -2.54. The number of benzene rings is 1. The summed E-state index contributed by atoms with van der Waals surface area (Å²) in [6, 6.07) is 4.69. The van der Waals surface area contributed by atoms with Crippen molar-refractivity contribution in [3.8, 4) is 0 Å². The fraction of sp³-hybridized carbons (Fsp3) is 0.389. The van der Waals surface area contributed by atoms with Gasteiger partial charge in [-0.05, 0) is 25.8 Å². The molecule has 0 unspecified atom stereocenters. The first-order valence-electron chi connectivity index (χ1n) is 8.41. The second-order valence-corrected chi connectivity index (χ2v) is 6.66. The molecular formula is C18H19ClN2O5. The van der Waals surface area contributed by atoms with Crippen LogP contribution in [0.3, 0.4) is 0 Å². The lowest BCUT2D eigenvalue weighted by Gasteiger charge is -2.12. The molecule has 0 radical (unpaired) electrons. The zero-order valence-corrected chi connectivity index (χ0v) is 15.0. The van der Waals surface area contributed by atoms with E-state index < -0.39 is 24.5 Å². The van der Waals surface area contributed by atoms with Gasteiger partial charge >= 0.3 is 12.0 Å². The highest BCUT2D eigenvalue weighted by atomic mass is 35.5. The minimum absolute atomic E-state index is 0.0173. The number of aryl methyl sites for hydroxylation is 1. The monoisotopic (exact) mass is 378 g/mol. The van der Waals surface area contributed by atoms with E-state index in [2.05, 4.69) is 10.6 Å². The molecule has 2 N–H and O–H groups in total. The van der Waals surface area contributed by atoms with Gasteiger partial charge in [-0.15, -0.1) is 0 Å². The number of para-hydroxylation sites is 1. The van der Waals surface area contributed by atoms with E-state index in [9.17, 15) is 14.4 Å². The second-order valence-electron chi connectivity index (χ2n) is 6.25. The summed E-state index contributed by atoms with van der Waals surface area (Å²) in [6.45, 7) is 1.12. The molecule has 1 saturated carbocycles. The number of carbonyl (C=O) groups is 3. The van der Waals surface area contributed by atoms with E-state index in [0.717, 1.165) is 25.7 Å². The van der Waals surface area contributed by atoms with Crippen molar-refractivity contribution in [2.75, 3.05) is 6.61 Å². The molecule has 7 nitrogen and oxygen atoms in total. The van der Waals surface area contributed by atoms with E-state index in [1.807, 2.05) is 0 Å². The van der Waals surface area contributed by atoms with Crippen LogP contribution >= 0.6 is 11.6 Å². The van der Waals surface area contributed by atoms with Crippen LogP contribution in [0.4, 0.5) is 4.79 Å². The van der Waals surface area contributed by atoms with Gasteiger partial charge in [0.1, 0.15) is 0 Å². The third-order valence-corrected chi connectivity index (χ3v) is 4.68. The van der Waals surface area contributed by atoms with Gasteiger partial charge in [-0.25, -0.2) is 9.59 Å². The minimum atomic E-state index is -0.791. The fourth-order valence-electron chi connectivity index (χ4n) is 3.05. The van der Waals surface area contributed by atoms with Gasteiger partial charge in [0.25, 0.3) is 5.91 Å². The van der Waals surface area contributed by atoms with Crippen LogP contribution < -0.4 is 10.6 Å². The summed E-state index contributed by atoms with van der Waals surface area (Å²) in [6.07, 6.45) is 3.95. The molecule has 2 aromatic rings. The van der Waals surface area contributed by atoms with Crippen LogP contribution in [0.25, 0.3) is 11.0 Å². The number of amides is 3. The predicted molar refractivity (Wildman–Crippen MR) is 95.2 cm³/mol. The first-order chi connectivity index (χ1) is 12.5. The van der Waals surface area contributed by atoms with Crippen molar-refractivity contribution < 1.29 is 23.5 Å². The summed E-state index contributed by atoms with van der Waals surface area (Å²) in [5.41, 5.74) is 0.964. The van der Waals surface area contributed by atoms with Gasteiger partial charge in [-0.3, -0.25) is 10.1 Å². The number of esters is 1. The van der Waals surface area contributed by atoms with Crippen molar-refractivity contribution in [3.05, 3.63) is 34.5 Å². The Bertz CT molecular complexity index is 855. The Morgan fingerprint density at radius 3 is 2.69 bits per heavy atom. The van der Waals surface area contributed by atoms with Crippen molar-refractivity contribution in [1.82, 2.24) is 10.6 Å². The number of hydrogen-bond donors (Lipinski definition) is 2. The Balaban J connectivity index is 1.55. The SMILES string of the molecule is Cc1c(C(=O)OCC(=O)NC(=O)NC2CCCC2)oc2c(Cl)cccc12. The molecule has 1 aromatic heterocycles. The Labute approximate surface area is 155 Å². The molecule has 1 aliphatic rings. The molecule has 8 heteroatoms. The Morgan fingerprint density at radius 1 is 1.27 bits per heavy atom. The average Bonchev–Trinajstić information content (AvgIpc) is 3.22. The first-order valence-corrected chi connectivity index (χ1v) is 8.78. The summed E-state index contributed by atoms with van der Waals surface area (Å²) >= 11 is 6.05. The topological polar surface area (TPSA) is 97.6 Å². The van der Waals surface area contributed by atoms with Crippen molar-refractivity contribution in [2.45, 2.75) is 38.6 Å². The first kappa shape index (κ1) is 18.3. The third kappa shape index (κ3) is 3.99. The van der Waals surface area contributed by atoms with Gasteiger partial charge in [0.15, 0.2) is 12.2 Å². The lowest BCUT2D eigenvalue weighted by atomic mass is 10.1. The highest BCUT2D eigenvalue weighted by Crippen LogP contribution is 2.30. The molecule has 1 aromatic carbocycles. The van der Waals surface area contributed by atoms with E-state index in [0.29, 0.717) is 21.6 Å². The number of fused-ring (bicyclic) bond motifs is 1. The third-order valence-electron chi connectivity index (χ3n) is 4.38. The van der Waals surface area contributed by atoms with Gasteiger partial charge < -0.3 is 14.5 Å². The highest BCUT2D eigenvalue weighted by molar-refractivity contribution is 6.35. The lowest BCUT2D eigenvalue weighted by Crippen LogP contribution is -2.45. The summed E-state index contributed by atoms with van der Waals surface area (Å²) in [5.74, 6) is -1.52. The van der Waals surface area contributed by atoms with Crippen LogP contribution in [-0.4, -0.2) is 30.6 Å². The number of furan rings is 1. The largest absolute Gasteiger partial charge is 0.450 e. The van der Waals surface area contributed by atoms with Gasteiger partial charge in [-0.2, -0.15) is 0 Å². The van der Waals surface area contributed by atoms with Crippen molar-refractivity contribution in [3.63, 3.8) is 0 Å². The Kier molecular flexibility index (Phi) is 5.46. The fourth-order valence-corrected chi connectivity index (χ4v) is 3.27. The van der Waals surface area contributed by atoms with Crippen molar-refractivity contribution >= 4 is 40.5 Å². The van der Waals surface area contributed by atoms with Crippen molar-refractivity contribution in [1.29, 1.82) is 0 Å². The second kappa shape index (κ2) is 7.78. The summed E-state index contributed by atoms with van der Waals surface area (Å²) in [7, 11) is 0. The lowest BCUT2D eigenvalue weighted by molar-refractivity contribution is -0.123. The molecule has 1 heterocycles. The number of halogens is 1. The summed E-state index contributed by atoms with van der Waals surface area (Å²) in [5, 5.41) is 5.94. The maximum atomic E-state index is 12.2. The number of imide groups is 1.